The number of rotatable bonds is 0. The summed E-state index contributed by atoms with van der Waals surface area (Å²) >= 11 is 0. The van der Waals surface area contributed by atoms with Gasteiger partial charge in [-0.25, -0.2) is 0 Å². The highest BCUT2D eigenvalue weighted by Crippen LogP contribution is 2.29. The monoisotopic (exact) mass is 157 g/mol. The van der Waals surface area contributed by atoms with E-state index in [1.807, 2.05) is 0 Å². The van der Waals surface area contributed by atoms with Gasteiger partial charge in [0.2, 0.25) is 0 Å². The Morgan fingerprint density at radius 2 is 1.82 bits per heavy atom. The molecule has 0 aromatic carbocycles. The molecule has 0 spiro atoms. The molecule has 1 heterocycles. The zero-order valence-electron chi connectivity index (χ0n) is 8.19. The fourth-order valence-corrected chi connectivity index (χ4v) is 2.22. The lowest BCUT2D eigenvalue weighted by Crippen LogP contribution is -2.57. The van der Waals surface area contributed by atoms with Gasteiger partial charge < -0.3 is 4.74 Å². The molecular formula is C9H19NO. The van der Waals surface area contributed by atoms with Crippen LogP contribution in [0.5, 0.6) is 0 Å². The summed E-state index contributed by atoms with van der Waals surface area (Å²) in [6.07, 6.45) is 1.23. The fraction of sp³-hybridized carbons (Fsp3) is 1.00. The van der Waals surface area contributed by atoms with Gasteiger partial charge in [0, 0.05) is 5.54 Å². The summed E-state index contributed by atoms with van der Waals surface area (Å²) in [4.78, 5) is 0. The second kappa shape index (κ2) is 2.46. The minimum atomic E-state index is 0.0220. The first-order valence-electron chi connectivity index (χ1n) is 4.26. The molecule has 0 amide bonds. The Morgan fingerprint density at radius 1 is 1.27 bits per heavy atom. The third kappa shape index (κ3) is 2.46. The van der Waals surface area contributed by atoms with Gasteiger partial charge >= 0.3 is 0 Å². The Balaban J connectivity index is 2.66. The van der Waals surface area contributed by atoms with Crippen LogP contribution in [0.15, 0.2) is 0 Å². The molecule has 0 unspecified atom stereocenters. The van der Waals surface area contributed by atoms with E-state index in [0.717, 1.165) is 6.42 Å². The van der Waals surface area contributed by atoms with Crippen molar-refractivity contribution in [2.24, 2.45) is 0 Å². The average Bonchev–Trinajstić information content (AvgIpc) is 1.49. The van der Waals surface area contributed by atoms with Gasteiger partial charge in [-0.3, -0.25) is 5.32 Å². The maximum atomic E-state index is 5.70. The highest BCUT2D eigenvalue weighted by Gasteiger charge is 2.36. The molecule has 0 saturated carbocycles. The Hall–Kier alpha value is -0.0800. The summed E-state index contributed by atoms with van der Waals surface area (Å²) in [5.74, 6) is 0. The maximum Gasteiger partial charge on any atom is 0.106 e. The molecule has 0 radical (unpaired) electrons. The largest absolute Gasteiger partial charge is 0.358 e. The summed E-state index contributed by atoms with van der Waals surface area (Å²) < 4.78 is 5.70. The van der Waals surface area contributed by atoms with Crippen molar-refractivity contribution in [1.82, 2.24) is 5.32 Å². The summed E-state index contributed by atoms with van der Waals surface area (Å²) in [5.41, 5.74) is 0.231. The first-order valence-corrected chi connectivity index (χ1v) is 4.26. The topological polar surface area (TPSA) is 21.3 Å². The number of hydrogen-bond acceptors (Lipinski definition) is 2. The molecule has 1 atom stereocenters. The van der Waals surface area contributed by atoms with Crippen LogP contribution in [0.2, 0.25) is 0 Å². The Morgan fingerprint density at radius 3 is 2.18 bits per heavy atom. The van der Waals surface area contributed by atoms with Crippen LogP contribution in [0.25, 0.3) is 0 Å². The zero-order chi connectivity index (χ0) is 8.70. The van der Waals surface area contributed by atoms with E-state index in [-0.39, 0.29) is 17.4 Å². The molecule has 0 aromatic rings. The van der Waals surface area contributed by atoms with Crippen molar-refractivity contribution in [2.75, 3.05) is 0 Å². The van der Waals surface area contributed by atoms with Gasteiger partial charge in [-0.05, 0) is 41.0 Å². The lowest BCUT2D eigenvalue weighted by molar-refractivity contribution is -0.138. The third-order valence-corrected chi connectivity index (χ3v) is 1.96. The van der Waals surface area contributed by atoms with Crippen LogP contribution in [0.3, 0.4) is 0 Å². The molecule has 0 aromatic heterocycles. The molecule has 1 aliphatic heterocycles. The molecule has 11 heavy (non-hydrogen) atoms. The second-order valence-corrected chi connectivity index (χ2v) is 4.72. The van der Waals surface area contributed by atoms with E-state index in [1.54, 1.807) is 0 Å². The van der Waals surface area contributed by atoms with Crippen molar-refractivity contribution in [3.05, 3.63) is 0 Å². The molecule has 1 fully saturated rings. The molecular weight excluding hydrogens is 138 g/mol. The van der Waals surface area contributed by atoms with Crippen molar-refractivity contribution >= 4 is 0 Å². The molecule has 0 aliphatic carbocycles. The molecule has 2 nitrogen and oxygen atoms in total. The van der Waals surface area contributed by atoms with E-state index >= 15 is 0 Å². The van der Waals surface area contributed by atoms with Gasteiger partial charge in [0.05, 0.1) is 5.60 Å². The Labute approximate surface area is 69.3 Å². The van der Waals surface area contributed by atoms with Crippen molar-refractivity contribution in [3.63, 3.8) is 0 Å². The summed E-state index contributed by atoms with van der Waals surface area (Å²) in [6, 6.07) is 0. The van der Waals surface area contributed by atoms with Gasteiger partial charge in [0.25, 0.3) is 0 Å². The van der Waals surface area contributed by atoms with Crippen LogP contribution >= 0.6 is 0 Å². The lowest BCUT2D eigenvalue weighted by Gasteiger charge is -2.45. The first-order chi connectivity index (χ1) is 4.81. The van der Waals surface area contributed by atoms with Crippen molar-refractivity contribution in [2.45, 2.75) is 58.4 Å². The van der Waals surface area contributed by atoms with Crippen molar-refractivity contribution in [1.29, 1.82) is 0 Å². The molecule has 1 rings (SSSR count). The minimum absolute atomic E-state index is 0.0220. The maximum absolute atomic E-state index is 5.70. The van der Waals surface area contributed by atoms with Gasteiger partial charge in [-0.1, -0.05) is 0 Å². The van der Waals surface area contributed by atoms with E-state index in [0.29, 0.717) is 0 Å². The molecule has 1 aliphatic rings. The number of hydrogen-bond donors (Lipinski definition) is 1. The minimum Gasteiger partial charge on any atom is -0.358 e. The predicted octanol–water partition coefficient (Wildman–Crippen LogP) is 1.90. The van der Waals surface area contributed by atoms with Crippen LogP contribution in [-0.4, -0.2) is 17.4 Å². The van der Waals surface area contributed by atoms with E-state index < -0.39 is 0 Å². The SMILES string of the molecule is C[C@H]1NC(C)(C)CC(C)(C)O1. The molecule has 1 saturated heterocycles. The third-order valence-electron chi connectivity index (χ3n) is 1.96. The van der Waals surface area contributed by atoms with Crippen molar-refractivity contribution < 1.29 is 4.74 Å². The normalized spacial score (nSPS) is 35.2. The highest BCUT2D eigenvalue weighted by molar-refractivity contribution is 4.90. The number of ether oxygens (including phenoxy) is 1. The van der Waals surface area contributed by atoms with E-state index in [2.05, 4.69) is 39.9 Å². The summed E-state index contributed by atoms with van der Waals surface area (Å²) in [7, 11) is 0. The quantitative estimate of drug-likeness (QED) is 0.580. The Bertz CT molecular complexity index is 136. The van der Waals surface area contributed by atoms with Gasteiger partial charge in [0.1, 0.15) is 6.23 Å². The lowest BCUT2D eigenvalue weighted by atomic mass is 9.87. The van der Waals surface area contributed by atoms with Gasteiger partial charge in [-0.15, -0.1) is 0 Å². The molecule has 2 heteroatoms. The molecule has 1 N–H and O–H groups in total. The van der Waals surface area contributed by atoms with Crippen molar-refractivity contribution in [3.8, 4) is 0 Å². The predicted molar refractivity (Wildman–Crippen MR) is 46.5 cm³/mol. The fourth-order valence-electron chi connectivity index (χ4n) is 2.22. The summed E-state index contributed by atoms with van der Waals surface area (Å²) in [5, 5.41) is 3.39. The molecule has 66 valence electrons. The van der Waals surface area contributed by atoms with Crippen LogP contribution in [0.1, 0.15) is 41.0 Å². The van der Waals surface area contributed by atoms with Gasteiger partial charge in [-0.2, -0.15) is 0 Å². The summed E-state index contributed by atoms with van der Waals surface area (Å²) in [6.45, 7) is 10.8. The van der Waals surface area contributed by atoms with E-state index in [9.17, 15) is 0 Å². The standard InChI is InChI=1S/C9H19NO/c1-7-10-8(2,3)6-9(4,5)11-7/h7,10H,6H2,1-5H3/t7-/m0/s1. The highest BCUT2D eigenvalue weighted by atomic mass is 16.5. The van der Waals surface area contributed by atoms with Crippen LogP contribution in [-0.2, 0) is 4.74 Å². The molecule has 0 bridgehead atoms. The first kappa shape index (κ1) is 9.01. The Kier molecular flexibility index (Phi) is 2.01. The smallest absolute Gasteiger partial charge is 0.106 e. The number of nitrogens with one attached hydrogen (secondary N) is 1. The van der Waals surface area contributed by atoms with Crippen LogP contribution < -0.4 is 5.32 Å². The van der Waals surface area contributed by atoms with E-state index in [4.69, 9.17) is 4.74 Å². The van der Waals surface area contributed by atoms with Gasteiger partial charge in [0.15, 0.2) is 0 Å². The van der Waals surface area contributed by atoms with Crippen LogP contribution in [0.4, 0.5) is 0 Å². The zero-order valence-corrected chi connectivity index (χ0v) is 8.19. The van der Waals surface area contributed by atoms with Crippen LogP contribution in [0, 0.1) is 0 Å². The average molecular weight is 157 g/mol. The second-order valence-electron chi connectivity index (χ2n) is 4.72. The van der Waals surface area contributed by atoms with E-state index in [1.165, 1.54) is 0 Å².